The number of hydrogen-bond acceptors (Lipinski definition) is 2. The quantitative estimate of drug-likeness (QED) is 0.577. The average Bonchev–Trinajstić information content (AvgIpc) is 1.81. The summed E-state index contributed by atoms with van der Waals surface area (Å²) < 4.78 is 23.8. The Bertz CT molecular complexity index is 256. The van der Waals surface area contributed by atoms with Crippen molar-refractivity contribution in [3.8, 4) is 0 Å². The number of nitrogens with zero attached hydrogens (tertiary/aromatic N) is 1. The largest absolute Gasteiger partial charge is 0.212 e. The van der Waals surface area contributed by atoms with E-state index in [1.165, 1.54) is 10.6 Å². The highest BCUT2D eigenvalue weighted by Gasteiger charge is 2.14. The van der Waals surface area contributed by atoms with Crippen LogP contribution in [0.2, 0.25) is 0 Å². The molecule has 0 aromatic carbocycles. The minimum Gasteiger partial charge on any atom is -0.212 e. The van der Waals surface area contributed by atoms with E-state index in [-0.39, 0.29) is 0 Å². The molecular weight excluding hydrogens is 174 g/mol. The summed E-state index contributed by atoms with van der Waals surface area (Å²) in [5, 5.41) is 0. The van der Waals surface area contributed by atoms with Gasteiger partial charge in [-0.3, -0.25) is 0 Å². The maximum atomic E-state index is 11.1. The fourth-order valence-electron chi connectivity index (χ4n) is 1.25. The molecule has 0 aromatic rings. The van der Waals surface area contributed by atoms with E-state index in [0.717, 1.165) is 19.3 Å². The third kappa shape index (κ3) is 2.95. The molecule has 12 heavy (non-hydrogen) atoms. The number of sulfonamides is 1. The summed E-state index contributed by atoms with van der Waals surface area (Å²) in [6.07, 6.45) is 8.39. The van der Waals surface area contributed by atoms with Crippen molar-refractivity contribution < 1.29 is 8.42 Å². The maximum absolute atomic E-state index is 11.1. The van der Waals surface area contributed by atoms with Gasteiger partial charge in [0.1, 0.15) is 0 Å². The van der Waals surface area contributed by atoms with E-state index in [0.29, 0.717) is 13.1 Å². The molecule has 1 aliphatic heterocycles. The van der Waals surface area contributed by atoms with E-state index in [4.69, 9.17) is 0 Å². The highest BCUT2D eigenvalue weighted by molar-refractivity contribution is 7.88. The molecule has 0 N–H and O–H groups in total. The lowest BCUT2D eigenvalue weighted by Crippen LogP contribution is -2.31. The van der Waals surface area contributed by atoms with Crippen LogP contribution >= 0.6 is 0 Å². The Morgan fingerprint density at radius 3 is 2.67 bits per heavy atom. The summed E-state index contributed by atoms with van der Waals surface area (Å²) in [5.74, 6) is 0. The van der Waals surface area contributed by atoms with Crippen LogP contribution in [0, 0.1) is 0 Å². The Morgan fingerprint density at radius 1 is 1.25 bits per heavy atom. The Morgan fingerprint density at radius 2 is 2.00 bits per heavy atom. The second-order valence-corrected chi connectivity index (χ2v) is 5.07. The van der Waals surface area contributed by atoms with E-state index in [2.05, 4.69) is 6.08 Å². The molecule has 0 unspecified atom stereocenters. The summed E-state index contributed by atoms with van der Waals surface area (Å²) in [6.45, 7) is 1.21. The minimum absolute atomic E-state index is 0.541. The molecule has 0 radical (unpaired) electrons. The maximum Gasteiger partial charge on any atom is 0.211 e. The lowest BCUT2D eigenvalue weighted by molar-refractivity contribution is 0.429. The van der Waals surface area contributed by atoms with Gasteiger partial charge >= 0.3 is 0 Å². The van der Waals surface area contributed by atoms with Crippen molar-refractivity contribution in [3.05, 3.63) is 12.2 Å². The topological polar surface area (TPSA) is 37.4 Å². The van der Waals surface area contributed by atoms with Crippen molar-refractivity contribution in [2.45, 2.75) is 19.3 Å². The monoisotopic (exact) mass is 189 g/mol. The SMILES string of the molecule is CS(=O)(=O)N1C/C=C\CCCC1. The van der Waals surface area contributed by atoms with E-state index in [1.54, 1.807) is 0 Å². The molecule has 0 aromatic heterocycles. The smallest absolute Gasteiger partial charge is 0.211 e. The molecule has 0 bridgehead atoms. The average molecular weight is 189 g/mol. The summed E-state index contributed by atoms with van der Waals surface area (Å²) >= 11 is 0. The van der Waals surface area contributed by atoms with Crippen LogP contribution in [0.1, 0.15) is 19.3 Å². The summed E-state index contributed by atoms with van der Waals surface area (Å²) in [5.41, 5.74) is 0. The van der Waals surface area contributed by atoms with E-state index < -0.39 is 10.0 Å². The fourth-order valence-corrected chi connectivity index (χ4v) is 2.07. The van der Waals surface area contributed by atoms with E-state index >= 15 is 0 Å². The lowest BCUT2D eigenvalue weighted by atomic mass is 10.2. The Balaban J connectivity index is 2.64. The molecule has 0 spiro atoms. The minimum atomic E-state index is -2.98. The molecule has 0 fully saturated rings. The first-order valence-electron chi connectivity index (χ1n) is 4.21. The first-order valence-corrected chi connectivity index (χ1v) is 6.05. The van der Waals surface area contributed by atoms with Crippen LogP contribution in [0.3, 0.4) is 0 Å². The number of allylic oxidation sites excluding steroid dienone is 1. The van der Waals surface area contributed by atoms with Crippen molar-refractivity contribution in [2.75, 3.05) is 19.3 Å². The van der Waals surface area contributed by atoms with Crippen molar-refractivity contribution in [1.82, 2.24) is 4.31 Å². The number of hydrogen-bond donors (Lipinski definition) is 0. The fraction of sp³-hybridized carbons (Fsp3) is 0.750. The van der Waals surface area contributed by atoms with Crippen molar-refractivity contribution >= 4 is 10.0 Å². The van der Waals surface area contributed by atoms with Gasteiger partial charge in [0.15, 0.2) is 0 Å². The standard InChI is InChI=1S/C8H15NO2S/c1-12(10,11)9-7-5-3-2-4-6-8-9/h3,5H,2,4,6-8H2,1H3/b5-3-. The van der Waals surface area contributed by atoms with E-state index in [1.807, 2.05) is 6.08 Å². The molecule has 1 heterocycles. The first-order chi connectivity index (χ1) is 5.61. The summed E-state index contributed by atoms with van der Waals surface area (Å²) in [4.78, 5) is 0. The van der Waals surface area contributed by atoms with Gasteiger partial charge in [-0.15, -0.1) is 0 Å². The first kappa shape index (κ1) is 9.74. The highest BCUT2D eigenvalue weighted by atomic mass is 32.2. The zero-order valence-electron chi connectivity index (χ0n) is 7.36. The zero-order valence-corrected chi connectivity index (χ0v) is 8.18. The van der Waals surface area contributed by atoms with Gasteiger partial charge in [0.2, 0.25) is 10.0 Å². The molecule has 0 amide bonds. The lowest BCUT2D eigenvalue weighted by Gasteiger charge is -2.19. The molecule has 1 rings (SSSR count). The van der Waals surface area contributed by atoms with Crippen LogP contribution in [0.25, 0.3) is 0 Å². The molecular formula is C8H15NO2S. The van der Waals surface area contributed by atoms with Gasteiger partial charge in [-0.05, 0) is 19.3 Å². The molecule has 0 saturated carbocycles. The predicted octanol–water partition coefficient (Wildman–Crippen LogP) is 0.988. The van der Waals surface area contributed by atoms with Gasteiger partial charge in [-0.2, -0.15) is 4.31 Å². The summed E-state index contributed by atoms with van der Waals surface area (Å²) in [7, 11) is -2.98. The molecule has 0 saturated heterocycles. The molecule has 0 aliphatic carbocycles. The van der Waals surface area contributed by atoms with Crippen LogP contribution in [-0.2, 0) is 10.0 Å². The highest BCUT2D eigenvalue weighted by Crippen LogP contribution is 2.07. The molecule has 70 valence electrons. The number of rotatable bonds is 1. The Kier molecular flexibility index (Phi) is 3.29. The zero-order chi connectivity index (χ0) is 9.03. The van der Waals surface area contributed by atoms with Gasteiger partial charge in [0.25, 0.3) is 0 Å². The van der Waals surface area contributed by atoms with Gasteiger partial charge < -0.3 is 0 Å². The third-order valence-electron chi connectivity index (χ3n) is 1.97. The Hall–Kier alpha value is -0.350. The van der Waals surface area contributed by atoms with Gasteiger partial charge in [-0.25, -0.2) is 8.42 Å². The van der Waals surface area contributed by atoms with Gasteiger partial charge in [-0.1, -0.05) is 12.2 Å². The van der Waals surface area contributed by atoms with E-state index in [9.17, 15) is 8.42 Å². The second-order valence-electron chi connectivity index (χ2n) is 3.09. The van der Waals surface area contributed by atoms with Crippen LogP contribution in [0.4, 0.5) is 0 Å². The molecule has 1 aliphatic rings. The third-order valence-corrected chi connectivity index (χ3v) is 3.24. The van der Waals surface area contributed by atoms with Gasteiger partial charge in [0, 0.05) is 13.1 Å². The van der Waals surface area contributed by atoms with Crippen molar-refractivity contribution in [3.63, 3.8) is 0 Å². The molecule has 4 heteroatoms. The van der Waals surface area contributed by atoms with Crippen LogP contribution in [-0.4, -0.2) is 32.1 Å². The summed E-state index contributed by atoms with van der Waals surface area (Å²) in [6, 6.07) is 0. The molecule has 3 nitrogen and oxygen atoms in total. The predicted molar refractivity (Wildman–Crippen MR) is 49.4 cm³/mol. The van der Waals surface area contributed by atoms with Gasteiger partial charge in [0.05, 0.1) is 6.26 Å². The molecule has 0 atom stereocenters. The Labute approximate surface area is 74.1 Å². The van der Waals surface area contributed by atoms with Crippen LogP contribution in [0.15, 0.2) is 12.2 Å². The van der Waals surface area contributed by atoms with Crippen molar-refractivity contribution in [2.24, 2.45) is 0 Å². The normalized spacial score (nSPS) is 24.4. The van der Waals surface area contributed by atoms with Crippen LogP contribution in [0.5, 0.6) is 0 Å². The van der Waals surface area contributed by atoms with Crippen LogP contribution < -0.4 is 0 Å². The van der Waals surface area contributed by atoms with Crippen molar-refractivity contribution in [1.29, 1.82) is 0 Å². The second kappa shape index (κ2) is 4.05.